The molecule has 1 fully saturated rings. The van der Waals surface area contributed by atoms with E-state index in [0.29, 0.717) is 25.1 Å². The lowest BCUT2D eigenvalue weighted by Crippen LogP contribution is -2.36. The standard InChI is InChI=1S/C16H21F3N2O2/c17-16(18,19)23-14-7-4-3-6-13(14)12-20-9-11-21-10-5-1-2-8-15(21)22/h3-4,6-7,20H,1-2,5,8-12H2. The molecule has 0 saturated carbocycles. The van der Waals surface area contributed by atoms with Crippen LogP contribution in [0.15, 0.2) is 24.3 Å². The molecule has 23 heavy (non-hydrogen) atoms. The summed E-state index contributed by atoms with van der Waals surface area (Å²) in [6, 6.07) is 6.05. The first-order valence-electron chi connectivity index (χ1n) is 7.78. The van der Waals surface area contributed by atoms with Crippen LogP contribution >= 0.6 is 0 Å². The number of ether oxygens (including phenoxy) is 1. The molecule has 1 aliphatic rings. The third kappa shape index (κ3) is 6.09. The second kappa shape index (κ2) is 8.19. The molecule has 1 aliphatic heterocycles. The van der Waals surface area contributed by atoms with E-state index in [1.165, 1.54) is 12.1 Å². The summed E-state index contributed by atoms with van der Waals surface area (Å²) >= 11 is 0. The lowest BCUT2D eigenvalue weighted by atomic mass is 10.2. The highest BCUT2D eigenvalue weighted by Crippen LogP contribution is 2.26. The van der Waals surface area contributed by atoms with Crippen molar-refractivity contribution in [1.29, 1.82) is 0 Å². The summed E-state index contributed by atoms with van der Waals surface area (Å²) in [5.41, 5.74) is 0.437. The molecule has 1 amide bonds. The minimum atomic E-state index is -4.70. The van der Waals surface area contributed by atoms with Crippen molar-refractivity contribution < 1.29 is 22.7 Å². The van der Waals surface area contributed by atoms with E-state index in [9.17, 15) is 18.0 Å². The maximum absolute atomic E-state index is 12.3. The third-order valence-electron chi connectivity index (χ3n) is 3.74. The number of carbonyl (C=O) groups is 1. The predicted octanol–water partition coefficient (Wildman–Crippen LogP) is 3.08. The number of benzene rings is 1. The Morgan fingerprint density at radius 3 is 2.74 bits per heavy atom. The fraction of sp³-hybridized carbons (Fsp3) is 0.562. The summed E-state index contributed by atoms with van der Waals surface area (Å²) in [6.45, 7) is 2.12. The molecule has 2 rings (SSSR count). The number of hydrogen-bond donors (Lipinski definition) is 1. The van der Waals surface area contributed by atoms with E-state index in [0.717, 1.165) is 25.8 Å². The van der Waals surface area contributed by atoms with E-state index in [-0.39, 0.29) is 18.2 Å². The van der Waals surface area contributed by atoms with Crippen molar-refractivity contribution in [3.63, 3.8) is 0 Å². The van der Waals surface area contributed by atoms with E-state index in [2.05, 4.69) is 10.1 Å². The van der Waals surface area contributed by atoms with Gasteiger partial charge in [-0.25, -0.2) is 0 Å². The van der Waals surface area contributed by atoms with Gasteiger partial charge in [-0.15, -0.1) is 13.2 Å². The van der Waals surface area contributed by atoms with Crippen LogP contribution < -0.4 is 10.1 Å². The van der Waals surface area contributed by atoms with Gasteiger partial charge >= 0.3 is 6.36 Å². The SMILES string of the molecule is O=C1CCCCCN1CCNCc1ccccc1OC(F)(F)F. The first-order valence-corrected chi connectivity index (χ1v) is 7.78. The molecule has 0 aliphatic carbocycles. The Bertz CT molecular complexity index is 520. The van der Waals surface area contributed by atoms with Gasteiger partial charge in [0.2, 0.25) is 5.91 Å². The topological polar surface area (TPSA) is 41.6 Å². The average molecular weight is 330 g/mol. The van der Waals surface area contributed by atoms with Gasteiger partial charge in [0.05, 0.1) is 0 Å². The van der Waals surface area contributed by atoms with Gasteiger partial charge in [-0.3, -0.25) is 4.79 Å². The molecule has 128 valence electrons. The Hall–Kier alpha value is -1.76. The molecule has 7 heteroatoms. The fourth-order valence-corrected chi connectivity index (χ4v) is 2.59. The molecule has 1 aromatic carbocycles. The molecule has 0 bridgehead atoms. The number of hydrogen-bond acceptors (Lipinski definition) is 3. The molecule has 0 spiro atoms. The number of likely N-dealkylation sites (tertiary alicyclic amines) is 1. The highest BCUT2D eigenvalue weighted by Gasteiger charge is 2.31. The summed E-state index contributed by atoms with van der Waals surface area (Å²) in [5.74, 6) is -0.0385. The molecule has 0 atom stereocenters. The minimum absolute atomic E-state index is 0.158. The van der Waals surface area contributed by atoms with Crippen LogP contribution in [-0.2, 0) is 11.3 Å². The van der Waals surface area contributed by atoms with Crippen molar-refractivity contribution in [3.8, 4) is 5.75 Å². The largest absolute Gasteiger partial charge is 0.573 e. The lowest BCUT2D eigenvalue weighted by Gasteiger charge is -2.21. The summed E-state index contributed by atoms with van der Waals surface area (Å²) in [7, 11) is 0. The van der Waals surface area contributed by atoms with Crippen LogP contribution in [0.2, 0.25) is 0 Å². The monoisotopic (exact) mass is 330 g/mol. The zero-order valence-corrected chi connectivity index (χ0v) is 12.9. The summed E-state index contributed by atoms with van der Waals surface area (Å²) in [6.07, 6.45) is -1.10. The maximum atomic E-state index is 12.3. The number of rotatable bonds is 6. The molecule has 0 radical (unpaired) electrons. The van der Waals surface area contributed by atoms with E-state index < -0.39 is 6.36 Å². The first kappa shape index (κ1) is 17.6. The van der Waals surface area contributed by atoms with Gasteiger partial charge in [-0.1, -0.05) is 24.6 Å². The highest BCUT2D eigenvalue weighted by molar-refractivity contribution is 5.76. The van der Waals surface area contributed by atoms with Gasteiger partial charge in [0.15, 0.2) is 0 Å². The molecular formula is C16H21F3N2O2. The molecular weight excluding hydrogens is 309 g/mol. The Labute approximate surface area is 133 Å². The summed E-state index contributed by atoms with van der Waals surface area (Å²) in [4.78, 5) is 13.7. The van der Waals surface area contributed by atoms with Crippen LogP contribution in [0, 0.1) is 0 Å². The van der Waals surface area contributed by atoms with E-state index in [1.54, 1.807) is 12.1 Å². The zero-order chi connectivity index (χ0) is 16.7. The average Bonchev–Trinajstić information content (AvgIpc) is 2.68. The Morgan fingerprint density at radius 1 is 1.17 bits per heavy atom. The molecule has 1 saturated heterocycles. The Balaban J connectivity index is 1.81. The van der Waals surface area contributed by atoms with Crippen molar-refractivity contribution in [2.45, 2.75) is 38.6 Å². The summed E-state index contributed by atoms with van der Waals surface area (Å²) in [5, 5.41) is 3.07. The van der Waals surface area contributed by atoms with Crippen LogP contribution in [0.25, 0.3) is 0 Å². The Kier molecular flexibility index (Phi) is 6.27. The van der Waals surface area contributed by atoms with Crippen molar-refractivity contribution in [2.24, 2.45) is 0 Å². The number of alkyl halides is 3. The number of nitrogens with one attached hydrogen (secondary N) is 1. The van der Waals surface area contributed by atoms with Crippen LogP contribution in [0.5, 0.6) is 5.75 Å². The molecule has 1 N–H and O–H groups in total. The van der Waals surface area contributed by atoms with E-state index >= 15 is 0 Å². The minimum Gasteiger partial charge on any atom is -0.405 e. The summed E-state index contributed by atoms with van der Waals surface area (Å²) < 4.78 is 41.1. The van der Waals surface area contributed by atoms with Crippen molar-refractivity contribution >= 4 is 5.91 Å². The van der Waals surface area contributed by atoms with Gasteiger partial charge in [-0.05, 0) is 18.9 Å². The normalized spacial score (nSPS) is 16.3. The van der Waals surface area contributed by atoms with Crippen LogP contribution in [0.3, 0.4) is 0 Å². The van der Waals surface area contributed by atoms with Crippen molar-refractivity contribution in [3.05, 3.63) is 29.8 Å². The van der Waals surface area contributed by atoms with Gasteiger partial charge in [0.25, 0.3) is 0 Å². The first-order chi connectivity index (χ1) is 11.0. The Morgan fingerprint density at radius 2 is 1.96 bits per heavy atom. The van der Waals surface area contributed by atoms with Gasteiger partial charge in [0, 0.05) is 38.2 Å². The number of halogens is 3. The third-order valence-corrected chi connectivity index (χ3v) is 3.74. The molecule has 1 heterocycles. The number of nitrogens with zero attached hydrogens (tertiary/aromatic N) is 1. The zero-order valence-electron chi connectivity index (χ0n) is 12.9. The van der Waals surface area contributed by atoms with Gasteiger partial charge in [0.1, 0.15) is 5.75 Å². The molecule has 0 aromatic heterocycles. The highest BCUT2D eigenvalue weighted by atomic mass is 19.4. The van der Waals surface area contributed by atoms with E-state index in [4.69, 9.17) is 0 Å². The van der Waals surface area contributed by atoms with Crippen LogP contribution in [0.4, 0.5) is 13.2 Å². The predicted molar refractivity (Wildman–Crippen MR) is 79.9 cm³/mol. The number of para-hydroxylation sites is 1. The van der Waals surface area contributed by atoms with Gasteiger partial charge < -0.3 is 15.0 Å². The van der Waals surface area contributed by atoms with Gasteiger partial charge in [-0.2, -0.15) is 0 Å². The fourth-order valence-electron chi connectivity index (χ4n) is 2.59. The van der Waals surface area contributed by atoms with Crippen molar-refractivity contribution in [2.75, 3.05) is 19.6 Å². The van der Waals surface area contributed by atoms with Crippen LogP contribution in [0.1, 0.15) is 31.2 Å². The second-order valence-electron chi connectivity index (χ2n) is 5.52. The molecule has 4 nitrogen and oxygen atoms in total. The smallest absolute Gasteiger partial charge is 0.405 e. The molecule has 1 aromatic rings. The maximum Gasteiger partial charge on any atom is 0.573 e. The number of carbonyl (C=O) groups excluding carboxylic acids is 1. The second-order valence-corrected chi connectivity index (χ2v) is 5.52. The number of amides is 1. The van der Waals surface area contributed by atoms with E-state index in [1.807, 2.05) is 4.90 Å². The quantitative estimate of drug-likeness (QED) is 0.815. The molecule has 0 unspecified atom stereocenters. The lowest BCUT2D eigenvalue weighted by molar-refractivity contribution is -0.274. The van der Waals surface area contributed by atoms with Crippen molar-refractivity contribution in [1.82, 2.24) is 10.2 Å². The van der Waals surface area contributed by atoms with Crippen LogP contribution in [-0.4, -0.2) is 36.8 Å².